The number of aromatic nitrogens is 2. The molecule has 2 heterocycles. The van der Waals surface area contributed by atoms with Crippen LogP contribution in [0.25, 0.3) is 0 Å². The molecule has 1 aromatic rings. The highest BCUT2D eigenvalue weighted by molar-refractivity contribution is 5.19. The number of hydrogen-bond donors (Lipinski definition) is 1. The fourth-order valence-electron chi connectivity index (χ4n) is 2.18. The predicted molar refractivity (Wildman–Crippen MR) is 63.5 cm³/mol. The maximum Gasteiger partial charge on any atom is 0.106 e. The van der Waals surface area contributed by atoms with Gasteiger partial charge in [-0.2, -0.15) is 0 Å². The molecule has 90 valence electrons. The zero-order valence-electron chi connectivity index (χ0n) is 10.4. The molecular weight excluding hydrogens is 202 g/mol. The molecule has 1 aliphatic heterocycles. The average molecular weight is 223 g/mol. The van der Waals surface area contributed by atoms with Crippen LogP contribution in [-0.4, -0.2) is 28.8 Å². The van der Waals surface area contributed by atoms with Crippen molar-refractivity contribution < 1.29 is 4.74 Å². The maximum atomic E-state index is 5.60. The molecular formula is C12H21N3O. The lowest BCUT2D eigenvalue weighted by Crippen LogP contribution is -2.25. The Hall–Kier alpha value is -0.870. The van der Waals surface area contributed by atoms with Gasteiger partial charge in [0.15, 0.2) is 0 Å². The zero-order valence-corrected chi connectivity index (χ0v) is 10.4. The van der Waals surface area contributed by atoms with Gasteiger partial charge in [-0.05, 0) is 20.8 Å². The van der Waals surface area contributed by atoms with Crippen LogP contribution in [-0.2, 0) is 24.2 Å². The molecule has 0 aliphatic carbocycles. The molecule has 0 aromatic carbocycles. The van der Waals surface area contributed by atoms with Crippen LogP contribution in [0, 0.1) is 6.92 Å². The van der Waals surface area contributed by atoms with Gasteiger partial charge in [0.25, 0.3) is 0 Å². The standard InChI is InChI=1S/C12H21N3O/c1-9(2)16-7-6-15-10(3)14-11-8-13-5-4-12(11)15/h9,13H,4-8H2,1-3H3. The van der Waals surface area contributed by atoms with E-state index in [-0.39, 0.29) is 0 Å². The van der Waals surface area contributed by atoms with Crippen molar-refractivity contribution in [2.24, 2.45) is 0 Å². The summed E-state index contributed by atoms with van der Waals surface area (Å²) in [5, 5.41) is 3.35. The van der Waals surface area contributed by atoms with Crippen molar-refractivity contribution in [1.29, 1.82) is 0 Å². The first kappa shape index (κ1) is 11.6. The number of nitrogens with one attached hydrogen (secondary N) is 1. The minimum atomic E-state index is 0.307. The molecule has 0 saturated heterocycles. The highest BCUT2D eigenvalue weighted by Gasteiger charge is 2.17. The average Bonchev–Trinajstić information content (AvgIpc) is 2.55. The van der Waals surface area contributed by atoms with Crippen LogP contribution in [0.15, 0.2) is 0 Å². The first-order valence-corrected chi connectivity index (χ1v) is 6.05. The van der Waals surface area contributed by atoms with Crippen molar-refractivity contribution in [1.82, 2.24) is 14.9 Å². The third kappa shape index (κ3) is 2.44. The molecule has 4 heteroatoms. The summed E-state index contributed by atoms with van der Waals surface area (Å²) in [7, 11) is 0. The molecule has 0 saturated carbocycles. The van der Waals surface area contributed by atoms with Gasteiger partial charge in [0.2, 0.25) is 0 Å². The number of aryl methyl sites for hydroxylation is 1. The molecule has 1 N–H and O–H groups in total. The van der Waals surface area contributed by atoms with Crippen molar-refractivity contribution in [3.63, 3.8) is 0 Å². The lowest BCUT2D eigenvalue weighted by Gasteiger charge is -2.16. The lowest BCUT2D eigenvalue weighted by molar-refractivity contribution is 0.0720. The van der Waals surface area contributed by atoms with Crippen LogP contribution < -0.4 is 5.32 Å². The maximum absolute atomic E-state index is 5.60. The summed E-state index contributed by atoms with van der Waals surface area (Å²) in [5.74, 6) is 1.11. The fraction of sp³-hybridized carbons (Fsp3) is 0.750. The predicted octanol–water partition coefficient (Wildman–Crippen LogP) is 1.26. The number of fused-ring (bicyclic) bond motifs is 1. The molecule has 0 unspecified atom stereocenters. The Morgan fingerprint density at radius 3 is 3.06 bits per heavy atom. The summed E-state index contributed by atoms with van der Waals surface area (Å²) in [6, 6.07) is 0. The molecule has 16 heavy (non-hydrogen) atoms. The first-order valence-electron chi connectivity index (χ1n) is 6.05. The van der Waals surface area contributed by atoms with Gasteiger partial charge in [0.05, 0.1) is 18.4 Å². The van der Waals surface area contributed by atoms with Gasteiger partial charge in [0.1, 0.15) is 5.82 Å². The molecule has 0 bridgehead atoms. The molecule has 2 rings (SSSR count). The van der Waals surface area contributed by atoms with Crippen molar-refractivity contribution >= 4 is 0 Å². The fourth-order valence-corrected chi connectivity index (χ4v) is 2.18. The normalized spacial score (nSPS) is 15.5. The Morgan fingerprint density at radius 1 is 1.50 bits per heavy atom. The monoisotopic (exact) mass is 223 g/mol. The van der Waals surface area contributed by atoms with Gasteiger partial charge >= 0.3 is 0 Å². The number of hydrogen-bond acceptors (Lipinski definition) is 3. The third-order valence-corrected chi connectivity index (χ3v) is 2.94. The van der Waals surface area contributed by atoms with E-state index in [1.165, 1.54) is 11.4 Å². The van der Waals surface area contributed by atoms with Crippen molar-refractivity contribution in [3.8, 4) is 0 Å². The number of ether oxygens (including phenoxy) is 1. The summed E-state index contributed by atoms with van der Waals surface area (Å²) in [6.07, 6.45) is 1.39. The molecule has 1 aliphatic rings. The Bertz CT molecular complexity index is 357. The van der Waals surface area contributed by atoms with Crippen molar-refractivity contribution in [2.45, 2.75) is 46.4 Å². The van der Waals surface area contributed by atoms with Crippen molar-refractivity contribution in [3.05, 3.63) is 17.2 Å². The van der Waals surface area contributed by atoms with Crippen LogP contribution in [0.3, 0.4) is 0 Å². The first-order chi connectivity index (χ1) is 7.68. The largest absolute Gasteiger partial charge is 0.377 e. The van der Waals surface area contributed by atoms with Gasteiger partial charge in [-0.1, -0.05) is 0 Å². The highest BCUT2D eigenvalue weighted by Crippen LogP contribution is 2.15. The molecule has 0 amide bonds. The van der Waals surface area contributed by atoms with Gasteiger partial charge in [-0.15, -0.1) is 0 Å². The van der Waals surface area contributed by atoms with Crippen LogP contribution in [0.4, 0.5) is 0 Å². The van der Waals surface area contributed by atoms with E-state index in [0.29, 0.717) is 6.10 Å². The second kappa shape index (κ2) is 4.97. The van der Waals surface area contributed by atoms with E-state index in [9.17, 15) is 0 Å². The molecule has 0 fully saturated rings. The summed E-state index contributed by atoms with van der Waals surface area (Å²) in [5.41, 5.74) is 2.61. The molecule has 0 atom stereocenters. The van der Waals surface area contributed by atoms with Gasteiger partial charge in [-0.3, -0.25) is 0 Å². The van der Waals surface area contributed by atoms with E-state index < -0.39 is 0 Å². The minimum absolute atomic E-state index is 0.307. The topological polar surface area (TPSA) is 39.1 Å². The number of rotatable bonds is 4. The smallest absolute Gasteiger partial charge is 0.106 e. The van der Waals surface area contributed by atoms with E-state index in [1.807, 2.05) is 0 Å². The Kier molecular flexibility index (Phi) is 3.61. The van der Waals surface area contributed by atoms with Gasteiger partial charge in [0, 0.05) is 31.7 Å². The van der Waals surface area contributed by atoms with Crippen LogP contribution in [0.5, 0.6) is 0 Å². The highest BCUT2D eigenvalue weighted by atomic mass is 16.5. The zero-order chi connectivity index (χ0) is 11.5. The van der Waals surface area contributed by atoms with Gasteiger partial charge in [-0.25, -0.2) is 4.98 Å². The Balaban J connectivity index is 2.05. The number of imidazole rings is 1. The quantitative estimate of drug-likeness (QED) is 0.835. The van der Waals surface area contributed by atoms with E-state index >= 15 is 0 Å². The van der Waals surface area contributed by atoms with E-state index in [1.54, 1.807) is 0 Å². The van der Waals surface area contributed by atoms with E-state index in [2.05, 4.69) is 35.6 Å². The molecule has 0 radical (unpaired) electrons. The second-order valence-electron chi connectivity index (χ2n) is 4.55. The summed E-state index contributed by atoms with van der Waals surface area (Å²) < 4.78 is 7.90. The molecule has 1 aromatic heterocycles. The minimum Gasteiger partial charge on any atom is -0.377 e. The third-order valence-electron chi connectivity index (χ3n) is 2.94. The van der Waals surface area contributed by atoms with Crippen LogP contribution in [0.1, 0.15) is 31.1 Å². The van der Waals surface area contributed by atoms with Gasteiger partial charge < -0.3 is 14.6 Å². The molecule has 0 spiro atoms. The SMILES string of the molecule is Cc1nc2c(n1CCOC(C)C)CCNC2. The Morgan fingerprint density at radius 2 is 2.31 bits per heavy atom. The second-order valence-corrected chi connectivity index (χ2v) is 4.55. The van der Waals surface area contributed by atoms with Crippen LogP contribution >= 0.6 is 0 Å². The van der Waals surface area contributed by atoms with E-state index in [4.69, 9.17) is 4.74 Å². The summed E-state index contributed by atoms with van der Waals surface area (Å²) in [6.45, 7) is 9.88. The Labute approximate surface area is 97.0 Å². The van der Waals surface area contributed by atoms with Crippen molar-refractivity contribution in [2.75, 3.05) is 13.2 Å². The number of nitrogens with zero attached hydrogens (tertiary/aromatic N) is 2. The lowest BCUT2D eigenvalue weighted by atomic mass is 10.2. The van der Waals surface area contributed by atoms with E-state index in [0.717, 1.165) is 38.5 Å². The van der Waals surface area contributed by atoms with Crippen LogP contribution in [0.2, 0.25) is 0 Å². The summed E-state index contributed by atoms with van der Waals surface area (Å²) in [4.78, 5) is 4.59. The molecule has 4 nitrogen and oxygen atoms in total. The summed E-state index contributed by atoms with van der Waals surface area (Å²) >= 11 is 0.